The molecule has 2 aromatic rings. The number of benzene rings is 2. The number of rotatable bonds is 7. The number of ether oxygens (including phenoxy) is 2. The van der Waals surface area contributed by atoms with Gasteiger partial charge in [0.05, 0.1) is 25.2 Å². The van der Waals surface area contributed by atoms with Gasteiger partial charge in [-0.1, -0.05) is 0 Å². The topological polar surface area (TPSA) is 111 Å². The largest absolute Gasteiger partial charge is 0.497 e. The number of nitrogens with one attached hydrogen (secondary N) is 1. The summed E-state index contributed by atoms with van der Waals surface area (Å²) < 4.78 is 10.2. The second-order valence-electron chi connectivity index (χ2n) is 5.18. The van der Waals surface area contributed by atoms with E-state index in [1.807, 2.05) is 0 Å². The number of aliphatic hydroxyl groups is 1. The number of methoxy groups -OCH3 is 2. The Morgan fingerprint density at radius 1 is 1.16 bits per heavy atom. The molecule has 1 atom stereocenters. The molecular weight excluding hydrogens is 328 g/mol. The van der Waals surface area contributed by atoms with E-state index in [-0.39, 0.29) is 12.2 Å². The molecule has 8 nitrogen and oxygen atoms in total. The van der Waals surface area contributed by atoms with Crippen LogP contribution in [0.1, 0.15) is 22.0 Å². The Hall–Kier alpha value is -3.13. The molecule has 0 saturated carbocycles. The van der Waals surface area contributed by atoms with Crippen LogP contribution in [-0.4, -0.2) is 36.7 Å². The first-order chi connectivity index (χ1) is 11.9. The number of nitrogens with zero attached hydrogens (tertiary/aromatic N) is 1. The van der Waals surface area contributed by atoms with Crippen molar-refractivity contribution in [2.45, 2.75) is 6.10 Å². The Bertz CT molecular complexity index is 738. The maximum absolute atomic E-state index is 12.2. The van der Waals surface area contributed by atoms with E-state index < -0.39 is 16.9 Å². The van der Waals surface area contributed by atoms with Crippen LogP contribution in [0.15, 0.2) is 42.5 Å². The van der Waals surface area contributed by atoms with E-state index in [0.29, 0.717) is 22.6 Å². The molecule has 2 rings (SSSR count). The number of nitro benzene ring substituents is 1. The number of carbonyl (C=O) groups is 1. The summed E-state index contributed by atoms with van der Waals surface area (Å²) in [6, 6.07) is 10.2. The highest BCUT2D eigenvalue weighted by Crippen LogP contribution is 2.22. The fourth-order valence-corrected chi connectivity index (χ4v) is 2.17. The zero-order valence-electron chi connectivity index (χ0n) is 13.8. The maximum Gasteiger partial charge on any atom is 0.269 e. The van der Waals surface area contributed by atoms with Crippen molar-refractivity contribution in [2.75, 3.05) is 20.8 Å². The van der Waals surface area contributed by atoms with Crippen LogP contribution < -0.4 is 14.8 Å². The van der Waals surface area contributed by atoms with Crippen molar-refractivity contribution in [1.82, 2.24) is 5.32 Å². The highest BCUT2D eigenvalue weighted by molar-refractivity contribution is 5.95. The van der Waals surface area contributed by atoms with Crippen molar-refractivity contribution in [3.63, 3.8) is 0 Å². The summed E-state index contributed by atoms with van der Waals surface area (Å²) in [5, 5.41) is 23.3. The second-order valence-corrected chi connectivity index (χ2v) is 5.18. The Labute approximate surface area is 144 Å². The summed E-state index contributed by atoms with van der Waals surface area (Å²) in [4.78, 5) is 22.3. The molecule has 2 N–H and O–H groups in total. The van der Waals surface area contributed by atoms with Crippen molar-refractivity contribution < 1.29 is 24.3 Å². The molecule has 0 heterocycles. The van der Waals surface area contributed by atoms with Gasteiger partial charge in [-0.05, 0) is 29.8 Å². The molecule has 0 saturated heterocycles. The molecule has 0 aliphatic heterocycles. The lowest BCUT2D eigenvalue weighted by molar-refractivity contribution is -0.384. The normalized spacial score (nSPS) is 11.5. The number of non-ortho nitro benzene ring substituents is 1. The molecule has 0 spiro atoms. The summed E-state index contributed by atoms with van der Waals surface area (Å²) in [5.41, 5.74) is 0.727. The van der Waals surface area contributed by atoms with Gasteiger partial charge < -0.3 is 19.9 Å². The first kappa shape index (κ1) is 18.2. The number of hydrogen-bond donors (Lipinski definition) is 2. The van der Waals surface area contributed by atoms with Crippen LogP contribution in [0, 0.1) is 10.1 Å². The zero-order valence-corrected chi connectivity index (χ0v) is 13.8. The van der Waals surface area contributed by atoms with E-state index in [9.17, 15) is 20.0 Å². The minimum absolute atomic E-state index is 0.0455. The molecular formula is C17H18N2O6. The summed E-state index contributed by atoms with van der Waals surface area (Å²) in [6.45, 7) is -0.0455. The second kappa shape index (κ2) is 8.11. The van der Waals surface area contributed by atoms with Gasteiger partial charge in [0, 0.05) is 30.3 Å². The summed E-state index contributed by atoms with van der Waals surface area (Å²) in [7, 11) is 2.96. The van der Waals surface area contributed by atoms with Crippen molar-refractivity contribution in [3.8, 4) is 11.5 Å². The average molecular weight is 346 g/mol. The van der Waals surface area contributed by atoms with E-state index in [1.54, 1.807) is 18.2 Å². The van der Waals surface area contributed by atoms with Crippen LogP contribution in [0.25, 0.3) is 0 Å². The number of nitro groups is 1. The average Bonchev–Trinajstić information content (AvgIpc) is 2.65. The molecule has 0 aromatic heterocycles. The van der Waals surface area contributed by atoms with Gasteiger partial charge in [-0.15, -0.1) is 0 Å². The van der Waals surface area contributed by atoms with Gasteiger partial charge in [0.1, 0.15) is 11.5 Å². The van der Waals surface area contributed by atoms with Gasteiger partial charge >= 0.3 is 0 Å². The van der Waals surface area contributed by atoms with Gasteiger partial charge in [0.2, 0.25) is 0 Å². The van der Waals surface area contributed by atoms with Crippen LogP contribution in [0.2, 0.25) is 0 Å². The summed E-state index contributed by atoms with van der Waals surface area (Å²) in [5.74, 6) is 0.541. The Kier molecular flexibility index (Phi) is 5.91. The predicted octanol–water partition coefficient (Wildman–Crippen LogP) is 2.08. The van der Waals surface area contributed by atoms with Crippen LogP contribution in [0.4, 0.5) is 5.69 Å². The Morgan fingerprint density at radius 3 is 2.20 bits per heavy atom. The number of carbonyl (C=O) groups excluding carboxylic acids is 1. The molecule has 0 radical (unpaired) electrons. The zero-order chi connectivity index (χ0) is 18.4. The molecule has 0 aliphatic carbocycles. The minimum Gasteiger partial charge on any atom is -0.497 e. The molecule has 8 heteroatoms. The van der Waals surface area contributed by atoms with Crippen molar-refractivity contribution in [3.05, 3.63) is 63.7 Å². The third kappa shape index (κ3) is 4.67. The molecule has 132 valence electrons. The van der Waals surface area contributed by atoms with Crippen LogP contribution in [0.3, 0.4) is 0 Å². The summed E-state index contributed by atoms with van der Waals surface area (Å²) >= 11 is 0. The van der Waals surface area contributed by atoms with E-state index in [4.69, 9.17) is 9.47 Å². The lowest BCUT2D eigenvalue weighted by Crippen LogP contribution is -2.28. The molecule has 25 heavy (non-hydrogen) atoms. The smallest absolute Gasteiger partial charge is 0.269 e. The van der Waals surface area contributed by atoms with Crippen LogP contribution in [-0.2, 0) is 0 Å². The minimum atomic E-state index is -0.989. The monoisotopic (exact) mass is 346 g/mol. The van der Waals surface area contributed by atoms with Gasteiger partial charge in [-0.3, -0.25) is 14.9 Å². The lowest BCUT2D eigenvalue weighted by Gasteiger charge is -2.13. The highest BCUT2D eigenvalue weighted by atomic mass is 16.6. The molecule has 0 bridgehead atoms. The third-order valence-electron chi connectivity index (χ3n) is 3.56. The van der Waals surface area contributed by atoms with Crippen LogP contribution >= 0.6 is 0 Å². The van der Waals surface area contributed by atoms with Gasteiger partial charge in [0.15, 0.2) is 0 Å². The summed E-state index contributed by atoms with van der Waals surface area (Å²) in [6.07, 6.45) is -0.989. The maximum atomic E-state index is 12.2. The van der Waals surface area contributed by atoms with Crippen molar-refractivity contribution in [2.24, 2.45) is 0 Å². The Balaban J connectivity index is 2.02. The van der Waals surface area contributed by atoms with Gasteiger partial charge in [-0.25, -0.2) is 0 Å². The first-order valence-electron chi connectivity index (χ1n) is 7.38. The molecule has 0 aliphatic rings. The molecule has 1 amide bonds. The van der Waals surface area contributed by atoms with Crippen molar-refractivity contribution in [1.29, 1.82) is 0 Å². The molecule has 0 fully saturated rings. The molecule has 0 unspecified atom stereocenters. The number of hydrogen-bond acceptors (Lipinski definition) is 6. The SMILES string of the molecule is COc1cc(OC)cc(C(=O)NC[C@@H](O)c2ccc([N+](=O)[O-])cc2)c1. The quantitative estimate of drug-likeness (QED) is 0.586. The van der Waals surface area contributed by atoms with E-state index in [0.717, 1.165) is 0 Å². The number of amides is 1. The highest BCUT2D eigenvalue weighted by Gasteiger charge is 2.14. The van der Waals surface area contributed by atoms with Gasteiger partial charge in [-0.2, -0.15) is 0 Å². The third-order valence-corrected chi connectivity index (χ3v) is 3.56. The Morgan fingerprint density at radius 2 is 1.72 bits per heavy atom. The van der Waals surface area contributed by atoms with Crippen molar-refractivity contribution >= 4 is 11.6 Å². The standard InChI is InChI=1S/C17H18N2O6/c1-24-14-7-12(8-15(9-14)25-2)17(21)18-10-16(20)11-3-5-13(6-4-11)19(22)23/h3-9,16,20H,10H2,1-2H3,(H,18,21)/t16-/m1/s1. The lowest BCUT2D eigenvalue weighted by atomic mass is 10.1. The van der Waals surface area contributed by atoms with E-state index in [2.05, 4.69) is 5.32 Å². The fraction of sp³-hybridized carbons (Fsp3) is 0.235. The van der Waals surface area contributed by atoms with Gasteiger partial charge in [0.25, 0.3) is 11.6 Å². The number of aliphatic hydroxyl groups excluding tert-OH is 1. The fourth-order valence-electron chi connectivity index (χ4n) is 2.17. The first-order valence-corrected chi connectivity index (χ1v) is 7.38. The molecule has 2 aromatic carbocycles. The van der Waals surface area contributed by atoms with E-state index in [1.165, 1.54) is 38.5 Å². The van der Waals surface area contributed by atoms with E-state index >= 15 is 0 Å². The predicted molar refractivity (Wildman–Crippen MR) is 89.9 cm³/mol. The van der Waals surface area contributed by atoms with Crippen LogP contribution in [0.5, 0.6) is 11.5 Å².